The molecular formula is C13H16ClNO3. The lowest BCUT2D eigenvalue weighted by atomic mass is 10.2. The van der Waals surface area contributed by atoms with Crippen LogP contribution >= 0.6 is 11.6 Å². The van der Waals surface area contributed by atoms with Crippen molar-refractivity contribution in [3.8, 4) is 0 Å². The number of benzene rings is 1. The molecule has 0 unspecified atom stereocenters. The van der Waals surface area contributed by atoms with Crippen molar-refractivity contribution in [1.29, 1.82) is 0 Å². The van der Waals surface area contributed by atoms with Gasteiger partial charge in [0.25, 0.3) is 0 Å². The Morgan fingerprint density at radius 3 is 2.39 bits per heavy atom. The van der Waals surface area contributed by atoms with Crippen LogP contribution in [0.15, 0.2) is 24.3 Å². The second-order valence-corrected chi connectivity index (χ2v) is 4.46. The molecule has 0 spiro atoms. The fraction of sp³-hybridized carbons (Fsp3) is 0.385. The molecule has 1 rings (SSSR count). The normalized spacial score (nSPS) is 10.1. The third kappa shape index (κ3) is 4.75. The topological polar surface area (TPSA) is 57.6 Å². The van der Waals surface area contributed by atoms with E-state index < -0.39 is 5.97 Å². The zero-order chi connectivity index (χ0) is 13.5. The molecule has 0 aliphatic rings. The summed E-state index contributed by atoms with van der Waals surface area (Å²) in [5.74, 6) is -1.15. The second kappa shape index (κ2) is 7.01. The molecule has 1 amide bonds. The average molecular weight is 270 g/mol. The van der Waals surface area contributed by atoms with Gasteiger partial charge in [0.1, 0.15) is 6.54 Å². The quantitative estimate of drug-likeness (QED) is 0.863. The molecular weight excluding hydrogens is 254 g/mol. The van der Waals surface area contributed by atoms with E-state index >= 15 is 0 Å². The van der Waals surface area contributed by atoms with Crippen LogP contribution in [0.25, 0.3) is 0 Å². The van der Waals surface area contributed by atoms with Crippen molar-refractivity contribution in [1.82, 2.24) is 4.90 Å². The van der Waals surface area contributed by atoms with Crippen LogP contribution in [0.1, 0.15) is 25.3 Å². The van der Waals surface area contributed by atoms with Gasteiger partial charge in [-0.1, -0.05) is 30.7 Å². The molecule has 5 heteroatoms. The van der Waals surface area contributed by atoms with Crippen LogP contribution < -0.4 is 0 Å². The summed E-state index contributed by atoms with van der Waals surface area (Å²) in [5, 5.41) is 9.42. The van der Waals surface area contributed by atoms with Gasteiger partial charge in [0, 0.05) is 18.0 Å². The molecule has 0 bridgehead atoms. The first-order valence-corrected chi connectivity index (χ1v) is 6.14. The van der Waals surface area contributed by atoms with E-state index in [0.717, 1.165) is 5.56 Å². The smallest absolute Gasteiger partial charge is 0.323 e. The minimum absolute atomic E-state index is 0.144. The lowest BCUT2D eigenvalue weighted by Gasteiger charge is -2.20. The molecule has 18 heavy (non-hydrogen) atoms. The predicted octanol–water partition coefficient (Wildman–Crippen LogP) is 2.55. The van der Waals surface area contributed by atoms with Crippen LogP contribution in [0, 0.1) is 0 Å². The van der Waals surface area contributed by atoms with Crippen LogP contribution in [0.5, 0.6) is 0 Å². The van der Waals surface area contributed by atoms with Gasteiger partial charge in [-0.15, -0.1) is 0 Å². The average Bonchev–Trinajstić information content (AvgIpc) is 2.31. The Morgan fingerprint density at radius 1 is 1.28 bits per heavy atom. The minimum atomic E-state index is -1.01. The van der Waals surface area contributed by atoms with Crippen molar-refractivity contribution in [3.05, 3.63) is 34.9 Å². The molecule has 1 aromatic rings. The fourth-order valence-electron chi connectivity index (χ4n) is 1.58. The van der Waals surface area contributed by atoms with E-state index in [2.05, 4.69) is 0 Å². The lowest BCUT2D eigenvalue weighted by Crippen LogP contribution is -2.34. The lowest BCUT2D eigenvalue weighted by molar-refractivity contribution is -0.144. The number of halogens is 1. The Kier molecular flexibility index (Phi) is 5.65. The number of amides is 1. The number of carboxylic acid groups (broad SMARTS) is 1. The van der Waals surface area contributed by atoms with Gasteiger partial charge in [0.05, 0.1) is 0 Å². The molecule has 0 aliphatic heterocycles. The molecule has 4 nitrogen and oxygen atoms in total. The number of hydrogen-bond donors (Lipinski definition) is 1. The van der Waals surface area contributed by atoms with Gasteiger partial charge in [-0.25, -0.2) is 0 Å². The highest BCUT2D eigenvalue weighted by Crippen LogP contribution is 2.12. The van der Waals surface area contributed by atoms with Crippen molar-refractivity contribution >= 4 is 23.5 Å². The third-order valence-corrected chi connectivity index (χ3v) is 2.68. The fourth-order valence-corrected chi connectivity index (χ4v) is 1.70. The molecule has 98 valence electrons. The van der Waals surface area contributed by atoms with Gasteiger partial charge in [-0.3, -0.25) is 9.59 Å². The van der Waals surface area contributed by atoms with E-state index in [-0.39, 0.29) is 12.5 Å². The first-order valence-electron chi connectivity index (χ1n) is 5.77. The molecule has 0 fully saturated rings. The maximum absolute atomic E-state index is 11.8. The molecule has 0 saturated carbocycles. The second-order valence-electron chi connectivity index (χ2n) is 4.02. The summed E-state index contributed by atoms with van der Waals surface area (Å²) >= 11 is 5.77. The van der Waals surface area contributed by atoms with E-state index in [1.165, 1.54) is 4.90 Å². The van der Waals surface area contributed by atoms with Crippen LogP contribution in [0.3, 0.4) is 0 Å². The first-order chi connectivity index (χ1) is 8.52. The van der Waals surface area contributed by atoms with Gasteiger partial charge in [-0.05, 0) is 24.1 Å². The highest BCUT2D eigenvalue weighted by molar-refractivity contribution is 6.30. The van der Waals surface area contributed by atoms with Crippen LogP contribution in [-0.2, 0) is 16.1 Å². The van der Waals surface area contributed by atoms with Gasteiger partial charge in [0.15, 0.2) is 0 Å². The van der Waals surface area contributed by atoms with E-state index in [4.69, 9.17) is 16.7 Å². The highest BCUT2D eigenvalue weighted by Gasteiger charge is 2.16. The van der Waals surface area contributed by atoms with E-state index in [1.807, 2.05) is 6.92 Å². The van der Waals surface area contributed by atoms with Crippen molar-refractivity contribution in [2.45, 2.75) is 26.3 Å². The Morgan fingerprint density at radius 2 is 1.89 bits per heavy atom. The van der Waals surface area contributed by atoms with Crippen molar-refractivity contribution in [3.63, 3.8) is 0 Å². The summed E-state index contributed by atoms with van der Waals surface area (Å²) < 4.78 is 0. The number of carbonyl (C=O) groups excluding carboxylic acids is 1. The first kappa shape index (κ1) is 14.5. The summed E-state index contributed by atoms with van der Waals surface area (Å²) in [5.41, 5.74) is 0.866. The highest BCUT2D eigenvalue weighted by atomic mass is 35.5. The van der Waals surface area contributed by atoms with Crippen molar-refractivity contribution < 1.29 is 14.7 Å². The molecule has 1 N–H and O–H groups in total. The van der Waals surface area contributed by atoms with Crippen molar-refractivity contribution in [2.24, 2.45) is 0 Å². The number of aliphatic carboxylic acids is 1. The molecule has 0 heterocycles. The van der Waals surface area contributed by atoms with Crippen LogP contribution in [0.4, 0.5) is 0 Å². The summed E-state index contributed by atoms with van der Waals surface area (Å²) in [6.45, 7) is 1.91. The maximum Gasteiger partial charge on any atom is 0.323 e. The van der Waals surface area contributed by atoms with Gasteiger partial charge in [0.2, 0.25) is 5.91 Å². The van der Waals surface area contributed by atoms with Crippen LogP contribution in [0.2, 0.25) is 5.02 Å². The summed E-state index contributed by atoms with van der Waals surface area (Å²) in [7, 11) is 0. The summed E-state index contributed by atoms with van der Waals surface area (Å²) in [4.78, 5) is 23.9. The van der Waals surface area contributed by atoms with Gasteiger partial charge < -0.3 is 10.0 Å². The van der Waals surface area contributed by atoms with Crippen molar-refractivity contribution in [2.75, 3.05) is 6.54 Å². The predicted molar refractivity (Wildman–Crippen MR) is 69.4 cm³/mol. The SMILES string of the molecule is CCCC(=O)N(CC(=O)O)Cc1ccc(Cl)cc1. The van der Waals surface area contributed by atoms with E-state index in [9.17, 15) is 9.59 Å². The third-order valence-electron chi connectivity index (χ3n) is 2.43. The zero-order valence-electron chi connectivity index (χ0n) is 10.2. The number of rotatable bonds is 6. The monoisotopic (exact) mass is 269 g/mol. The Balaban J connectivity index is 2.74. The molecule has 0 aromatic heterocycles. The standard InChI is InChI=1S/C13H16ClNO3/c1-2-3-12(16)15(9-13(17)18)8-10-4-6-11(14)7-5-10/h4-7H,2-3,8-9H2,1H3,(H,17,18). The Hall–Kier alpha value is -1.55. The summed E-state index contributed by atoms with van der Waals surface area (Å²) in [6, 6.07) is 7.02. The number of carboxylic acids is 1. The molecule has 0 saturated heterocycles. The molecule has 0 radical (unpaired) electrons. The maximum atomic E-state index is 11.8. The Labute approximate surface area is 111 Å². The minimum Gasteiger partial charge on any atom is -0.480 e. The number of nitrogens with zero attached hydrogens (tertiary/aromatic N) is 1. The number of hydrogen-bond acceptors (Lipinski definition) is 2. The molecule has 1 aromatic carbocycles. The van der Waals surface area contributed by atoms with Gasteiger partial charge in [-0.2, -0.15) is 0 Å². The largest absolute Gasteiger partial charge is 0.480 e. The molecule has 0 aliphatic carbocycles. The van der Waals surface area contributed by atoms with Crippen LogP contribution in [-0.4, -0.2) is 28.4 Å². The zero-order valence-corrected chi connectivity index (χ0v) is 11.0. The molecule has 0 atom stereocenters. The van der Waals surface area contributed by atoms with E-state index in [0.29, 0.717) is 24.4 Å². The Bertz CT molecular complexity index is 417. The number of carbonyl (C=O) groups is 2. The summed E-state index contributed by atoms with van der Waals surface area (Å²) in [6.07, 6.45) is 1.07. The van der Waals surface area contributed by atoms with E-state index in [1.54, 1.807) is 24.3 Å². The van der Waals surface area contributed by atoms with Gasteiger partial charge >= 0.3 is 5.97 Å².